The van der Waals surface area contributed by atoms with Gasteiger partial charge in [0.1, 0.15) is 6.07 Å². The molecule has 5 nitrogen and oxygen atoms in total. The van der Waals surface area contributed by atoms with E-state index in [1.54, 1.807) is 0 Å². The molecule has 1 fully saturated rings. The molecule has 0 spiro atoms. The summed E-state index contributed by atoms with van der Waals surface area (Å²) in [7, 11) is 0. The van der Waals surface area contributed by atoms with E-state index >= 15 is 0 Å². The number of ether oxygens (including phenoxy) is 1. The molecule has 0 radical (unpaired) electrons. The lowest BCUT2D eigenvalue weighted by Crippen LogP contribution is -2.36. The van der Waals surface area contributed by atoms with Crippen LogP contribution >= 0.6 is 11.8 Å². The quantitative estimate of drug-likeness (QED) is 0.702. The van der Waals surface area contributed by atoms with Crippen LogP contribution in [0.2, 0.25) is 0 Å². The lowest BCUT2D eigenvalue weighted by molar-refractivity contribution is 0.120. The summed E-state index contributed by atoms with van der Waals surface area (Å²) in [6, 6.07) is 2.55. The van der Waals surface area contributed by atoms with Crippen molar-refractivity contribution in [2.45, 2.75) is 5.09 Å². The largest absolute Gasteiger partial charge is 0.415 e. The van der Waals surface area contributed by atoms with E-state index < -0.39 is 0 Å². The van der Waals surface area contributed by atoms with Crippen LogP contribution in [0.3, 0.4) is 0 Å². The number of morpholine rings is 1. The van der Waals surface area contributed by atoms with Crippen LogP contribution in [-0.2, 0) is 4.74 Å². The second-order valence-electron chi connectivity index (χ2n) is 3.05. The van der Waals surface area contributed by atoms with E-state index in [4.69, 9.17) is 14.4 Å². The van der Waals surface area contributed by atoms with Crippen molar-refractivity contribution in [3.8, 4) is 6.07 Å². The van der Waals surface area contributed by atoms with Gasteiger partial charge in [-0.15, -0.1) is 0 Å². The van der Waals surface area contributed by atoms with Gasteiger partial charge in [-0.2, -0.15) is 10.2 Å². The summed E-state index contributed by atoms with van der Waals surface area (Å²) in [4.78, 5) is 6.14. The fourth-order valence-electron chi connectivity index (χ4n) is 1.39. The molecular weight excluding hydrogens is 214 g/mol. The van der Waals surface area contributed by atoms with Crippen molar-refractivity contribution in [2.24, 2.45) is 0 Å². The fraction of sp³-hybridized carbons (Fsp3) is 0.556. The number of oxazole rings is 1. The highest BCUT2D eigenvalue weighted by molar-refractivity contribution is 7.98. The van der Waals surface area contributed by atoms with E-state index in [9.17, 15) is 0 Å². The highest BCUT2D eigenvalue weighted by Gasteiger charge is 2.19. The molecule has 1 aliphatic rings. The van der Waals surface area contributed by atoms with Gasteiger partial charge in [-0.05, 0) is 6.26 Å². The molecule has 2 rings (SSSR count). The van der Waals surface area contributed by atoms with E-state index in [0.717, 1.165) is 13.1 Å². The van der Waals surface area contributed by atoms with Crippen molar-refractivity contribution in [3.63, 3.8) is 0 Å². The summed E-state index contributed by atoms with van der Waals surface area (Å²) in [5.41, 5.74) is 0.365. The topological polar surface area (TPSA) is 62.3 Å². The molecule has 0 saturated carbocycles. The Bertz CT molecular complexity index is 379. The Kier molecular flexibility index (Phi) is 3.14. The third-order valence-electron chi connectivity index (χ3n) is 2.16. The predicted molar refractivity (Wildman–Crippen MR) is 56.0 cm³/mol. The Labute approximate surface area is 92.0 Å². The molecule has 80 valence electrons. The van der Waals surface area contributed by atoms with Crippen LogP contribution in [0.4, 0.5) is 6.01 Å². The molecule has 0 N–H and O–H groups in total. The zero-order valence-corrected chi connectivity index (χ0v) is 9.21. The summed E-state index contributed by atoms with van der Waals surface area (Å²) in [6.07, 6.45) is 1.87. The molecule has 15 heavy (non-hydrogen) atoms. The molecule has 2 heterocycles. The monoisotopic (exact) mass is 225 g/mol. The van der Waals surface area contributed by atoms with Crippen molar-refractivity contribution >= 4 is 17.8 Å². The first kappa shape index (κ1) is 10.3. The van der Waals surface area contributed by atoms with Gasteiger partial charge in [0.25, 0.3) is 6.01 Å². The average Bonchev–Trinajstić information content (AvgIpc) is 2.73. The van der Waals surface area contributed by atoms with Crippen molar-refractivity contribution in [2.75, 3.05) is 37.5 Å². The average molecular weight is 225 g/mol. The summed E-state index contributed by atoms with van der Waals surface area (Å²) >= 11 is 1.40. The Balaban J connectivity index is 2.21. The van der Waals surface area contributed by atoms with Crippen LogP contribution < -0.4 is 4.90 Å². The van der Waals surface area contributed by atoms with Crippen molar-refractivity contribution in [1.29, 1.82) is 5.26 Å². The first-order valence-electron chi connectivity index (χ1n) is 4.62. The zero-order valence-electron chi connectivity index (χ0n) is 8.39. The second kappa shape index (κ2) is 4.55. The minimum atomic E-state index is 0.365. The fourth-order valence-corrected chi connectivity index (χ4v) is 1.84. The molecule has 1 aromatic heterocycles. The third-order valence-corrected chi connectivity index (χ3v) is 2.81. The number of hydrogen-bond donors (Lipinski definition) is 0. The Morgan fingerprint density at radius 3 is 2.73 bits per heavy atom. The number of hydrogen-bond acceptors (Lipinski definition) is 6. The van der Waals surface area contributed by atoms with E-state index in [1.165, 1.54) is 11.8 Å². The lowest BCUT2D eigenvalue weighted by Gasteiger charge is -2.24. The molecule has 0 amide bonds. The standard InChI is InChI=1S/C9H11N3O2S/c1-15-8-7(6-10)11-9(14-8)12-2-4-13-5-3-12/h2-5H2,1H3. The van der Waals surface area contributed by atoms with Gasteiger partial charge in [-0.3, -0.25) is 0 Å². The molecule has 0 atom stereocenters. The van der Waals surface area contributed by atoms with Gasteiger partial charge in [0.05, 0.1) is 13.2 Å². The molecule has 1 aromatic rings. The lowest BCUT2D eigenvalue weighted by atomic mass is 10.4. The summed E-state index contributed by atoms with van der Waals surface area (Å²) in [6.45, 7) is 2.89. The molecule has 0 unspecified atom stereocenters. The van der Waals surface area contributed by atoms with Gasteiger partial charge in [0.2, 0.25) is 5.09 Å². The van der Waals surface area contributed by atoms with Gasteiger partial charge in [0, 0.05) is 13.1 Å². The van der Waals surface area contributed by atoms with Gasteiger partial charge >= 0.3 is 0 Å². The van der Waals surface area contributed by atoms with Gasteiger partial charge in [0.15, 0.2) is 5.69 Å². The minimum Gasteiger partial charge on any atom is -0.415 e. The van der Waals surface area contributed by atoms with Crippen molar-refractivity contribution in [1.82, 2.24) is 4.98 Å². The van der Waals surface area contributed by atoms with Crippen LogP contribution in [0.25, 0.3) is 0 Å². The molecule has 1 saturated heterocycles. The zero-order chi connectivity index (χ0) is 10.7. The molecule has 0 aliphatic carbocycles. The van der Waals surface area contributed by atoms with Crippen molar-refractivity contribution in [3.05, 3.63) is 5.69 Å². The third kappa shape index (κ3) is 2.08. The van der Waals surface area contributed by atoms with E-state index in [2.05, 4.69) is 4.98 Å². The molecule has 0 bridgehead atoms. The van der Waals surface area contributed by atoms with Crippen LogP contribution in [0.15, 0.2) is 9.51 Å². The second-order valence-corrected chi connectivity index (χ2v) is 3.83. The normalized spacial score (nSPS) is 16.4. The van der Waals surface area contributed by atoms with Crippen LogP contribution in [-0.4, -0.2) is 37.5 Å². The number of nitriles is 1. The smallest absolute Gasteiger partial charge is 0.299 e. The van der Waals surface area contributed by atoms with Crippen LogP contribution in [0, 0.1) is 11.3 Å². The van der Waals surface area contributed by atoms with Crippen molar-refractivity contribution < 1.29 is 9.15 Å². The highest BCUT2D eigenvalue weighted by atomic mass is 32.2. The summed E-state index contributed by atoms with van der Waals surface area (Å²) in [5, 5.41) is 9.41. The molecule has 1 aliphatic heterocycles. The maximum absolute atomic E-state index is 8.83. The Hall–Kier alpha value is -1.19. The van der Waals surface area contributed by atoms with Gasteiger partial charge in [-0.25, -0.2) is 0 Å². The number of nitrogens with zero attached hydrogens (tertiary/aromatic N) is 3. The van der Waals surface area contributed by atoms with E-state index in [-0.39, 0.29) is 0 Å². The highest BCUT2D eigenvalue weighted by Crippen LogP contribution is 2.26. The number of anilines is 1. The molecule has 0 aromatic carbocycles. The maximum atomic E-state index is 8.83. The van der Waals surface area contributed by atoms with Gasteiger partial charge < -0.3 is 14.1 Å². The van der Waals surface area contributed by atoms with Crippen LogP contribution in [0.5, 0.6) is 0 Å². The molecule has 6 heteroatoms. The number of thioether (sulfide) groups is 1. The SMILES string of the molecule is CSc1oc(N2CCOCC2)nc1C#N. The number of aromatic nitrogens is 1. The summed E-state index contributed by atoms with van der Waals surface area (Å²) < 4.78 is 10.7. The van der Waals surface area contributed by atoms with Gasteiger partial charge in [-0.1, -0.05) is 11.8 Å². The van der Waals surface area contributed by atoms with E-state index in [0.29, 0.717) is 30.0 Å². The minimum absolute atomic E-state index is 0.365. The summed E-state index contributed by atoms with van der Waals surface area (Å²) in [5.74, 6) is 0. The maximum Gasteiger partial charge on any atom is 0.299 e. The first-order chi connectivity index (χ1) is 7.35. The Morgan fingerprint density at radius 2 is 2.20 bits per heavy atom. The number of rotatable bonds is 2. The first-order valence-corrected chi connectivity index (χ1v) is 5.85. The molecular formula is C9H11N3O2S. The van der Waals surface area contributed by atoms with E-state index in [1.807, 2.05) is 17.2 Å². The predicted octanol–water partition coefficient (Wildman–Crippen LogP) is 1.10. The van der Waals surface area contributed by atoms with Crippen LogP contribution in [0.1, 0.15) is 5.69 Å². The Morgan fingerprint density at radius 1 is 1.47 bits per heavy atom.